The predicted molar refractivity (Wildman–Crippen MR) is 72.4 cm³/mol. The minimum atomic E-state index is -3.68. The highest BCUT2D eigenvalue weighted by Gasteiger charge is 2.23. The summed E-state index contributed by atoms with van der Waals surface area (Å²) >= 11 is 0. The Morgan fingerprint density at radius 2 is 2.05 bits per heavy atom. The summed E-state index contributed by atoms with van der Waals surface area (Å²) in [5.41, 5.74) is 5.34. The summed E-state index contributed by atoms with van der Waals surface area (Å²) in [6.45, 7) is 3.61. The van der Waals surface area contributed by atoms with E-state index in [2.05, 4.69) is 11.8 Å². The molecule has 0 aliphatic heterocycles. The normalized spacial score (nSPS) is 11.5. The fourth-order valence-corrected chi connectivity index (χ4v) is 2.73. The minimum absolute atomic E-state index is 0.0838. The topological polar surface area (TPSA) is 63.4 Å². The molecule has 0 bridgehead atoms. The first-order valence-corrected chi connectivity index (χ1v) is 7.21. The molecule has 0 aliphatic rings. The molecule has 4 nitrogen and oxygen atoms in total. The first-order chi connectivity index (χ1) is 8.80. The van der Waals surface area contributed by atoms with Crippen LogP contribution in [0.4, 0.5) is 4.39 Å². The molecule has 19 heavy (non-hydrogen) atoms. The second-order valence-electron chi connectivity index (χ2n) is 4.26. The van der Waals surface area contributed by atoms with Crippen LogP contribution in [0.25, 0.3) is 0 Å². The molecule has 1 rings (SSSR count). The molecule has 0 amide bonds. The van der Waals surface area contributed by atoms with Crippen molar-refractivity contribution >= 4 is 10.0 Å². The molecule has 0 radical (unpaired) electrons. The third-order valence-corrected chi connectivity index (χ3v) is 4.70. The maximum Gasteiger partial charge on any atom is 0.243 e. The van der Waals surface area contributed by atoms with Gasteiger partial charge >= 0.3 is 0 Å². The van der Waals surface area contributed by atoms with E-state index >= 15 is 0 Å². The van der Waals surface area contributed by atoms with Gasteiger partial charge < -0.3 is 5.73 Å². The van der Waals surface area contributed by atoms with Gasteiger partial charge in [-0.05, 0) is 32.0 Å². The molecule has 0 fully saturated rings. The van der Waals surface area contributed by atoms with E-state index in [1.54, 1.807) is 13.8 Å². The summed E-state index contributed by atoms with van der Waals surface area (Å²) in [4.78, 5) is -0.0838. The Morgan fingerprint density at radius 1 is 1.42 bits per heavy atom. The van der Waals surface area contributed by atoms with Crippen LogP contribution in [0.2, 0.25) is 0 Å². The number of halogens is 1. The van der Waals surface area contributed by atoms with E-state index < -0.39 is 15.8 Å². The molecule has 104 valence electrons. The van der Waals surface area contributed by atoms with Gasteiger partial charge in [0.15, 0.2) is 0 Å². The van der Waals surface area contributed by atoms with Crippen molar-refractivity contribution in [3.63, 3.8) is 0 Å². The van der Waals surface area contributed by atoms with Crippen LogP contribution in [-0.2, 0) is 10.0 Å². The van der Waals surface area contributed by atoms with Gasteiger partial charge in [-0.25, -0.2) is 12.8 Å². The summed E-state index contributed by atoms with van der Waals surface area (Å²) in [5, 5.41) is 0. The van der Waals surface area contributed by atoms with Crippen molar-refractivity contribution < 1.29 is 12.8 Å². The van der Waals surface area contributed by atoms with Gasteiger partial charge in [0.25, 0.3) is 0 Å². The Kier molecular flexibility index (Phi) is 5.06. The second-order valence-corrected chi connectivity index (χ2v) is 6.26. The third kappa shape index (κ3) is 3.53. The van der Waals surface area contributed by atoms with Crippen molar-refractivity contribution in [2.75, 3.05) is 13.6 Å². The van der Waals surface area contributed by atoms with Gasteiger partial charge in [0.05, 0.1) is 17.0 Å². The van der Waals surface area contributed by atoms with E-state index in [1.165, 1.54) is 23.5 Å². The molecule has 0 aromatic heterocycles. The van der Waals surface area contributed by atoms with Crippen LogP contribution in [0.1, 0.15) is 19.4 Å². The lowest BCUT2D eigenvalue weighted by molar-refractivity contribution is 0.410. The first kappa shape index (κ1) is 15.6. The summed E-state index contributed by atoms with van der Waals surface area (Å²) in [6.07, 6.45) is 0. The summed E-state index contributed by atoms with van der Waals surface area (Å²) in [6, 6.07) is 3.47. The van der Waals surface area contributed by atoms with Crippen LogP contribution in [0, 0.1) is 17.7 Å². The van der Waals surface area contributed by atoms with E-state index in [9.17, 15) is 12.8 Å². The quantitative estimate of drug-likeness (QED) is 0.847. The molecule has 6 heteroatoms. The van der Waals surface area contributed by atoms with E-state index in [1.807, 2.05) is 0 Å². The van der Waals surface area contributed by atoms with Crippen LogP contribution in [0.5, 0.6) is 0 Å². The van der Waals surface area contributed by atoms with Crippen LogP contribution in [0.15, 0.2) is 23.1 Å². The highest BCUT2D eigenvalue weighted by atomic mass is 32.2. The molecule has 0 saturated carbocycles. The maximum atomic E-state index is 13.7. The zero-order valence-electron chi connectivity index (χ0n) is 11.1. The number of nitrogens with two attached hydrogens (primary N) is 1. The number of nitrogens with zero attached hydrogens (tertiary/aromatic N) is 1. The smallest absolute Gasteiger partial charge is 0.243 e. The van der Waals surface area contributed by atoms with E-state index in [4.69, 9.17) is 5.73 Å². The molecule has 0 heterocycles. The van der Waals surface area contributed by atoms with Gasteiger partial charge in [-0.2, -0.15) is 4.31 Å². The fourth-order valence-electron chi connectivity index (χ4n) is 1.35. The van der Waals surface area contributed by atoms with Gasteiger partial charge in [-0.15, -0.1) is 0 Å². The average Bonchev–Trinajstić information content (AvgIpc) is 2.36. The Hall–Kier alpha value is -1.42. The largest absolute Gasteiger partial charge is 0.320 e. The molecule has 0 unspecified atom stereocenters. The van der Waals surface area contributed by atoms with Crippen LogP contribution < -0.4 is 5.73 Å². The standard InChI is InChI=1S/C13H17FN2O2S/c1-10(2)16(3)19(17,18)12-7-6-11(5-4-8-15)13(14)9-12/h6-7,9-10H,8,15H2,1-3H3. The maximum absolute atomic E-state index is 13.7. The SMILES string of the molecule is CC(C)N(C)S(=O)(=O)c1ccc(C#CCN)c(F)c1. The molecule has 0 spiro atoms. The van der Waals surface area contributed by atoms with E-state index in [-0.39, 0.29) is 23.0 Å². The van der Waals surface area contributed by atoms with Gasteiger partial charge in [0.1, 0.15) is 5.82 Å². The lowest BCUT2D eigenvalue weighted by Gasteiger charge is -2.21. The molecule has 1 aromatic carbocycles. The molecule has 0 atom stereocenters. The lowest BCUT2D eigenvalue weighted by Crippen LogP contribution is -2.33. The van der Waals surface area contributed by atoms with Crippen molar-refractivity contribution in [2.45, 2.75) is 24.8 Å². The van der Waals surface area contributed by atoms with Crippen molar-refractivity contribution in [3.8, 4) is 11.8 Å². The second kappa shape index (κ2) is 6.15. The molecular formula is C13H17FN2O2S. The molecule has 0 aliphatic carbocycles. The van der Waals surface area contributed by atoms with Crippen molar-refractivity contribution in [1.82, 2.24) is 4.31 Å². The Labute approximate surface area is 113 Å². The third-order valence-electron chi connectivity index (χ3n) is 2.67. The number of rotatable bonds is 3. The first-order valence-electron chi connectivity index (χ1n) is 5.77. The number of sulfonamides is 1. The highest BCUT2D eigenvalue weighted by Crippen LogP contribution is 2.19. The predicted octanol–water partition coefficient (Wildman–Crippen LogP) is 1.16. The van der Waals surface area contributed by atoms with E-state index in [0.29, 0.717) is 0 Å². The molecular weight excluding hydrogens is 267 g/mol. The monoisotopic (exact) mass is 284 g/mol. The molecule has 2 N–H and O–H groups in total. The number of hydrogen-bond donors (Lipinski definition) is 1. The van der Waals surface area contributed by atoms with Crippen LogP contribution >= 0.6 is 0 Å². The van der Waals surface area contributed by atoms with Gasteiger partial charge in [-0.1, -0.05) is 11.8 Å². The summed E-state index contributed by atoms with van der Waals surface area (Å²) < 4.78 is 39.2. The van der Waals surface area contributed by atoms with Gasteiger partial charge in [0.2, 0.25) is 10.0 Å². The average molecular weight is 284 g/mol. The van der Waals surface area contributed by atoms with E-state index in [0.717, 1.165) is 6.07 Å². The van der Waals surface area contributed by atoms with Crippen molar-refractivity contribution in [2.24, 2.45) is 5.73 Å². The molecule has 0 saturated heterocycles. The Bertz CT molecular complexity index is 615. The zero-order valence-corrected chi connectivity index (χ0v) is 12.0. The van der Waals surface area contributed by atoms with Crippen molar-refractivity contribution in [1.29, 1.82) is 0 Å². The lowest BCUT2D eigenvalue weighted by atomic mass is 10.2. The van der Waals surface area contributed by atoms with Crippen LogP contribution in [-0.4, -0.2) is 32.4 Å². The molecule has 1 aromatic rings. The highest BCUT2D eigenvalue weighted by molar-refractivity contribution is 7.89. The number of hydrogen-bond acceptors (Lipinski definition) is 3. The van der Waals surface area contributed by atoms with Crippen LogP contribution in [0.3, 0.4) is 0 Å². The van der Waals surface area contributed by atoms with Gasteiger partial charge in [-0.3, -0.25) is 0 Å². The van der Waals surface area contributed by atoms with Crippen molar-refractivity contribution in [3.05, 3.63) is 29.6 Å². The van der Waals surface area contributed by atoms with Gasteiger partial charge in [0, 0.05) is 13.1 Å². The minimum Gasteiger partial charge on any atom is -0.320 e. The summed E-state index contributed by atoms with van der Waals surface area (Å²) in [7, 11) is -2.22. The zero-order chi connectivity index (χ0) is 14.6. The summed E-state index contributed by atoms with van der Waals surface area (Å²) in [5.74, 6) is 4.40. The number of benzene rings is 1. The fraction of sp³-hybridized carbons (Fsp3) is 0.385. The Morgan fingerprint density at radius 3 is 2.53 bits per heavy atom. The Balaban J connectivity index is 3.21.